The largest absolute Gasteiger partial charge is 0.381 e. The topological polar surface area (TPSA) is 81.2 Å². The van der Waals surface area contributed by atoms with E-state index < -0.39 is 11.2 Å². The lowest BCUT2D eigenvalue weighted by molar-refractivity contribution is -0.389. The number of rotatable bonds is 2. The smallest absolute Gasteiger partial charge is 0.373 e. The van der Waals surface area contributed by atoms with Crippen LogP contribution in [-0.2, 0) is 0 Å². The molecule has 0 aliphatic rings. The summed E-state index contributed by atoms with van der Waals surface area (Å²) in [6, 6.07) is 0. The third-order valence-corrected chi connectivity index (χ3v) is 1.21. The molecule has 0 aliphatic heterocycles. The molecule has 0 saturated carbocycles. The average Bonchev–Trinajstić information content (AvgIpc) is 2.33. The van der Waals surface area contributed by atoms with Crippen molar-refractivity contribution >= 4 is 5.82 Å². The van der Waals surface area contributed by atoms with Crippen molar-refractivity contribution in [1.82, 2.24) is 9.55 Å². The quantitative estimate of drug-likeness (QED) is 0.494. The molecule has 1 N–H and O–H groups in total. The monoisotopic (exact) mass is 157 g/mol. The van der Waals surface area contributed by atoms with Crippen LogP contribution in [0, 0.1) is 10.1 Å². The summed E-state index contributed by atoms with van der Waals surface area (Å²) in [4.78, 5) is 12.9. The Morgan fingerprint density at radius 1 is 1.91 bits per heavy atom. The Morgan fingerprint density at radius 3 is 2.82 bits per heavy atom. The summed E-state index contributed by atoms with van der Waals surface area (Å²) < 4.78 is 1.25. The molecular formula is C5H7N3O3. The Balaban J connectivity index is 2.90. The van der Waals surface area contributed by atoms with Crippen molar-refractivity contribution in [3.8, 4) is 0 Å². The first-order valence-electron chi connectivity index (χ1n) is 2.97. The number of nitro groups is 1. The minimum absolute atomic E-state index is 0.258. The molecule has 0 aromatic carbocycles. The first-order chi connectivity index (χ1) is 5.11. The Labute approximate surface area is 62.2 Å². The zero-order valence-corrected chi connectivity index (χ0v) is 5.84. The van der Waals surface area contributed by atoms with Gasteiger partial charge in [-0.15, -0.1) is 0 Å². The molecule has 0 bridgehead atoms. The number of aromatic nitrogens is 2. The van der Waals surface area contributed by atoms with Crippen LogP contribution >= 0.6 is 0 Å². The average molecular weight is 157 g/mol. The van der Waals surface area contributed by atoms with E-state index in [0.717, 1.165) is 0 Å². The fraction of sp³-hybridized carbons (Fsp3) is 0.400. The van der Waals surface area contributed by atoms with Gasteiger partial charge in [0.05, 0.1) is 0 Å². The third-order valence-electron chi connectivity index (χ3n) is 1.21. The lowest BCUT2D eigenvalue weighted by Crippen LogP contribution is -1.99. The normalized spacial score (nSPS) is 12.9. The van der Waals surface area contributed by atoms with E-state index in [1.54, 1.807) is 0 Å². The zero-order valence-electron chi connectivity index (χ0n) is 5.84. The summed E-state index contributed by atoms with van der Waals surface area (Å²) in [5.74, 6) is -0.258. The summed E-state index contributed by atoms with van der Waals surface area (Å²) in [6.07, 6.45) is 1.60. The Hall–Kier alpha value is -1.43. The van der Waals surface area contributed by atoms with E-state index in [2.05, 4.69) is 4.98 Å². The van der Waals surface area contributed by atoms with Crippen LogP contribution in [0.25, 0.3) is 0 Å². The van der Waals surface area contributed by atoms with Crippen molar-refractivity contribution in [2.45, 2.75) is 13.2 Å². The van der Waals surface area contributed by atoms with E-state index >= 15 is 0 Å². The predicted octanol–water partition coefficient (Wildman–Crippen LogP) is 0.302. The van der Waals surface area contributed by atoms with Crippen LogP contribution in [0.3, 0.4) is 0 Å². The van der Waals surface area contributed by atoms with Gasteiger partial charge in [0.15, 0.2) is 0 Å². The van der Waals surface area contributed by atoms with Crippen molar-refractivity contribution in [1.29, 1.82) is 0 Å². The van der Waals surface area contributed by atoms with Gasteiger partial charge in [0.25, 0.3) is 0 Å². The van der Waals surface area contributed by atoms with Gasteiger partial charge >= 0.3 is 5.82 Å². The molecule has 1 rings (SSSR count). The van der Waals surface area contributed by atoms with Gasteiger partial charge < -0.3 is 15.2 Å². The molecule has 6 nitrogen and oxygen atoms in total. The number of hydrogen-bond donors (Lipinski definition) is 1. The molecule has 6 heteroatoms. The van der Waals surface area contributed by atoms with Gasteiger partial charge in [-0.05, 0) is 16.8 Å². The van der Waals surface area contributed by atoms with E-state index in [0.29, 0.717) is 0 Å². The summed E-state index contributed by atoms with van der Waals surface area (Å²) >= 11 is 0. The lowest BCUT2D eigenvalue weighted by Gasteiger charge is -1.99. The van der Waals surface area contributed by atoms with E-state index in [1.807, 2.05) is 0 Å². The van der Waals surface area contributed by atoms with Crippen LogP contribution in [-0.4, -0.2) is 19.6 Å². The number of aliphatic hydroxyl groups excluding tert-OH is 1. The fourth-order valence-electron chi connectivity index (χ4n) is 0.624. The van der Waals surface area contributed by atoms with Crippen LogP contribution in [0.2, 0.25) is 0 Å². The van der Waals surface area contributed by atoms with E-state index in [9.17, 15) is 10.1 Å². The molecule has 60 valence electrons. The van der Waals surface area contributed by atoms with E-state index in [1.165, 1.54) is 24.0 Å². The third kappa shape index (κ3) is 1.53. The molecule has 0 saturated heterocycles. The van der Waals surface area contributed by atoms with Gasteiger partial charge in [-0.1, -0.05) is 0 Å². The Kier molecular flexibility index (Phi) is 1.86. The summed E-state index contributed by atoms with van der Waals surface area (Å²) in [6.45, 7) is 1.49. The second-order valence-corrected chi connectivity index (χ2v) is 2.07. The number of hydrogen-bond acceptors (Lipinski definition) is 4. The highest BCUT2D eigenvalue weighted by Crippen LogP contribution is 2.08. The minimum Gasteiger partial charge on any atom is -0.373 e. The number of nitrogens with zero attached hydrogens (tertiary/aromatic N) is 3. The van der Waals surface area contributed by atoms with Gasteiger partial charge in [-0.25, -0.2) is 0 Å². The molecule has 1 aromatic heterocycles. The molecule has 0 fully saturated rings. The molecular weight excluding hydrogens is 150 g/mol. The number of imidazole rings is 1. The van der Waals surface area contributed by atoms with Crippen molar-refractivity contribution < 1.29 is 10.0 Å². The van der Waals surface area contributed by atoms with Crippen molar-refractivity contribution in [2.75, 3.05) is 0 Å². The van der Waals surface area contributed by atoms with Crippen LogP contribution in [0.5, 0.6) is 0 Å². The van der Waals surface area contributed by atoms with Crippen LogP contribution in [0.1, 0.15) is 13.2 Å². The minimum atomic E-state index is -0.781. The molecule has 0 unspecified atom stereocenters. The summed E-state index contributed by atoms with van der Waals surface area (Å²) in [5.41, 5.74) is 0. The van der Waals surface area contributed by atoms with Crippen molar-refractivity contribution in [3.63, 3.8) is 0 Å². The Morgan fingerprint density at radius 2 is 2.55 bits per heavy atom. The van der Waals surface area contributed by atoms with Crippen LogP contribution < -0.4 is 0 Å². The van der Waals surface area contributed by atoms with E-state index in [4.69, 9.17) is 5.11 Å². The molecule has 1 atom stereocenters. The molecule has 1 aromatic rings. The maximum atomic E-state index is 10.1. The molecule has 1 heterocycles. The predicted molar refractivity (Wildman–Crippen MR) is 35.8 cm³/mol. The fourth-order valence-corrected chi connectivity index (χ4v) is 0.624. The second-order valence-electron chi connectivity index (χ2n) is 2.07. The first-order valence-corrected chi connectivity index (χ1v) is 2.97. The van der Waals surface area contributed by atoms with Gasteiger partial charge in [-0.3, -0.25) is 4.57 Å². The highest BCUT2D eigenvalue weighted by Gasteiger charge is 2.11. The lowest BCUT2D eigenvalue weighted by atomic mass is 10.6. The highest BCUT2D eigenvalue weighted by molar-refractivity contribution is 5.12. The van der Waals surface area contributed by atoms with Crippen LogP contribution in [0.15, 0.2) is 12.5 Å². The maximum absolute atomic E-state index is 10.1. The van der Waals surface area contributed by atoms with Gasteiger partial charge in [0, 0.05) is 0 Å². The SMILES string of the molecule is C[C@H](O)n1cnc([N+](=O)[O-])c1. The second kappa shape index (κ2) is 2.67. The maximum Gasteiger partial charge on any atom is 0.381 e. The summed E-state index contributed by atoms with van der Waals surface area (Å²) in [7, 11) is 0. The van der Waals surface area contributed by atoms with Gasteiger partial charge in [-0.2, -0.15) is 0 Å². The molecule has 0 aliphatic carbocycles. The first kappa shape index (κ1) is 7.67. The summed E-state index contributed by atoms with van der Waals surface area (Å²) in [5, 5.41) is 19.0. The molecule has 11 heavy (non-hydrogen) atoms. The van der Waals surface area contributed by atoms with E-state index in [-0.39, 0.29) is 5.82 Å². The highest BCUT2D eigenvalue weighted by atomic mass is 16.6. The molecule has 0 amide bonds. The standard InChI is InChI=1S/C5H7N3O3/c1-4(9)7-2-5(6-3-7)8(10)11/h2-4,9H,1H3/t4-/m0/s1. The molecule has 0 radical (unpaired) electrons. The van der Waals surface area contributed by atoms with Crippen LogP contribution in [0.4, 0.5) is 5.82 Å². The number of aliphatic hydroxyl groups is 1. The van der Waals surface area contributed by atoms with Gasteiger partial charge in [0.2, 0.25) is 6.33 Å². The van der Waals surface area contributed by atoms with Crippen molar-refractivity contribution in [3.05, 3.63) is 22.6 Å². The van der Waals surface area contributed by atoms with Crippen molar-refractivity contribution in [2.24, 2.45) is 0 Å². The zero-order chi connectivity index (χ0) is 8.43. The Bertz CT molecular complexity index is 268. The van der Waals surface area contributed by atoms with Gasteiger partial charge in [0.1, 0.15) is 12.4 Å². The molecule has 0 spiro atoms.